The van der Waals surface area contributed by atoms with Gasteiger partial charge in [-0.2, -0.15) is 0 Å². The molecule has 0 aliphatic rings. The van der Waals surface area contributed by atoms with E-state index in [2.05, 4.69) is 22.1 Å². The number of amides is 1. The normalized spacial score (nSPS) is 12.2. The zero-order valence-corrected chi connectivity index (χ0v) is 13.0. The number of ether oxygens (including phenoxy) is 1. The third-order valence-corrected chi connectivity index (χ3v) is 2.63. The minimum atomic E-state index is -0.582. The van der Waals surface area contributed by atoms with Gasteiger partial charge in [-0.15, -0.1) is 11.8 Å². The van der Waals surface area contributed by atoms with E-state index < -0.39 is 17.7 Å². The Labute approximate surface area is 125 Å². The third kappa shape index (κ3) is 5.88. The predicted molar refractivity (Wildman–Crippen MR) is 79.5 cm³/mol. The molecule has 0 aliphatic heterocycles. The fourth-order valence-corrected chi connectivity index (χ4v) is 1.77. The molecule has 6 heteroatoms. The van der Waals surface area contributed by atoms with Gasteiger partial charge in [0.1, 0.15) is 5.60 Å². The lowest BCUT2D eigenvalue weighted by Crippen LogP contribution is -2.37. The number of hydrogen-bond donors (Lipinski definition) is 2. The number of carbonyl (C=O) groups is 1. The summed E-state index contributed by atoms with van der Waals surface area (Å²) in [4.78, 5) is 15.9. The Balaban J connectivity index is 2.73. The monoisotopic (exact) mass is 293 g/mol. The van der Waals surface area contributed by atoms with Crippen molar-refractivity contribution in [2.45, 2.75) is 52.3 Å². The lowest BCUT2D eigenvalue weighted by Gasteiger charge is -2.23. The van der Waals surface area contributed by atoms with Gasteiger partial charge in [0.05, 0.1) is 30.9 Å². The van der Waals surface area contributed by atoms with Crippen LogP contribution in [0.25, 0.3) is 0 Å². The van der Waals surface area contributed by atoms with Crippen molar-refractivity contribution in [1.82, 2.24) is 14.9 Å². The SMILES string of the molecule is CC#CCCn1cncc1C(CO)NC(=O)OC(C)(C)C. The number of nitrogens with zero attached hydrogens (tertiary/aromatic N) is 2. The summed E-state index contributed by atoms with van der Waals surface area (Å²) in [6.07, 6.45) is 3.40. The standard InChI is InChI=1S/C15H23N3O3/c1-5-6-7-8-18-11-16-9-13(18)12(10-19)17-14(20)21-15(2,3)4/h9,11-12,19H,7-8,10H2,1-4H3,(H,17,20). The highest BCUT2D eigenvalue weighted by atomic mass is 16.6. The molecule has 1 aromatic heterocycles. The molecule has 1 rings (SSSR count). The van der Waals surface area contributed by atoms with Crippen LogP contribution in [0.5, 0.6) is 0 Å². The smallest absolute Gasteiger partial charge is 0.408 e. The molecule has 0 aliphatic carbocycles. The minimum absolute atomic E-state index is 0.232. The van der Waals surface area contributed by atoms with Crippen molar-refractivity contribution in [2.75, 3.05) is 6.61 Å². The van der Waals surface area contributed by atoms with Crippen LogP contribution >= 0.6 is 0 Å². The second-order valence-electron chi connectivity index (χ2n) is 5.57. The average molecular weight is 293 g/mol. The fourth-order valence-electron chi connectivity index (χ4n) is 1.77. The Kier molecular flexibility index (Phi) is 6.25. The molecule has 1 unspecified atom stereocenters. The van der Waals surface area contributed by atoms with E-state index in [1.54, 1.807) is 40.2 Å². The number of imidazole rings is 1. The van der Waals surface area contributed by atoms with Crippen LogP contribution in [0.2, 0.25) is 0 Å². The molecule has 21 heavy (non-hydrogen) atoms. The molecule has 1 amide bonds. The molecule has 1 aromatic rings. The van der Waals surface area contributed by atoms with E-state index >= 15 is 0 Å². The van der Waals surface area contributed by atoms with Gasteiger partial charge in [0.15, 0.2) is 0 Å². The summed E-state index contributed by atoms with van der Waals surface area (Å²) in [5, 5.41) is 12.2. The lowest BCUT2D eigenvalue weighted by molar-refractivity contribution is 0.0479. The molecule has 0 fully saturated rings. The highest BCUT2D eigenvalue weighted by Crippen LogP contribution is 2.14. The van der Waals surface area contributed by atoms with Gasteiger partial charge in [-0.3, -0.25) is 0 Å². The number of rotatable bonds is 5. The topological polar surface area (TPSA) is 76.4 Å². The van der Waals surface area contributed by atoms with Gasteiger partial charge in [-0.1, -0.05) is 0 Å². The molecule has 0 radical (unpaired) electrons. The van der Waals surface area contributed by atoms with Crippen molar-refractivity contribution in [2.24, 2.45) is 0 Å². The zero-order valence-electron chi connectivity index (χ0n) is 13.0. The molecule has 116 valence electrons. The van der Waals surface area contributed by atoms with Crippen LogP contribution in [0, 0.1) is 11.8 Å². The zero-order chi connectivity index (χ0) is 15.9. The number of nitrogens with one attached hydrogen (secondary N) is 1. The van der Waals surface area contributed by atoms with Crippen LogP contribution in [-0.2, 0) is 11.3 Å². The van der Waals surface area contributed by atoms with Gasteiger partial charge in [0.2, 0.25) is 0 Å². The maximum absolute atomic E-state index is 11.8. The van der Waals surface area contributed by atoms with E-state index in [-0.39, 0.29) is 6.61 Å². The van der Waals surface area contributed by atoms with Crippen LogP contribution in [0.1, 0.15) is 45.9 Å². The van der Waals surface area contributed by atoms with Crippen LogP contribution in [0.4, 0.5) is 4.79 Å². The Morgan fingerprint density at radius 3 is 2.86 bits per heavy atom. The third-order valence-electron chi connectivity index (χ3n) is 2.63. The predicted octanol–water partition coefficient (Wildman–Crippen LogP) is 1.85. The largest absolute Gasteiger partial charge is 0.444 e. The number of carbonyl (C=O) groups excluding carboxylic acids is 1. The molecule has 0 saturated carbocycles. The van der Waals surface area contributed by atoms with Crippen molar-refractivity contribution in [3.8, 4) is 11.8 Å². The summed E-state index contributed by atoms with van der Waals surface area (Å²) < 4.78 is 7.06. The molecule has 0 spiro atoms. The van der Waals surface area contributed by atoms with E-state index in [4.69, 9.17) is 4.74 Å². The first-order valence-corrected chi connectivity index (χ1v) is 6.87. The second kappa shape index (κ2) is 7.70. The van der Waals surface area contributed by atoms with Crippen LogP contribution < -0.4 is 5.32 Å². The molecule has 0 bridgehead atoms. The first-order valence-electron chi connectivity index (χ1n) is 6.87. The highest BCUT2D eigenvalue weighted by Gasteiger charge is 2.22. The second-order valence-corrected chi connectivity index (χ2v) is 5.57. The highest BCUT2D eigenvalue weighted by molar-refractivity contribution is 5.68. The van der Waals surface area contributed by atoms with Crippen molar-refractivity contribution in [3.63, 3.8) is 0 Å². The molecular formula is C15H23N3O3. The van der Waals surface area contributed by atoms with Gasteiger partial charge in [0.25, 0.3) is 0 Å². The quantitative estimate of drug-likeness (QED) is 0.812. The summed E-state index contributed by atoms with van der Waals surface area (Å²) in [6, 6.07) is -0.558. The summed E-state index contributed by atoms with van der Waals surface area (Å²) in [6.45, 7) is 7.57. The van der Waals surface area contributed by atoms with Crippen LogP contribution in [-0.4, -0.2) is 33.0 Å². The molecule has 1 heterocycles. The maximum atomic E-state index is 11.8. The van der Waals surface area contributed by atoms with Crippen molar-refractivity contribution < 1.29 is 14.6 Å². The summed E-state index contributed by atoms with van der Waals surface area (Å²) in [7, 11) is 0. The van der Waals surface area contributed by atoms with Crippen LogP contribution in [0.15, 0.2) is 12.5 Å². The maximum Gasteiger partial charge on any atom is 0.408 e. The van der Waals surface area contributed by atoms with Crippen molar-refractivity contribution in [1.29, 1.82) is 0 Å². The van der Waals surface area contributed by atoms with E-state index in [1.807, 2.05) is 4.57 Å². The van der Waals surface area contributed by atoms with E-state index in [1.165, 1.54) is 0 Å². The van der Waals surface area contributed by atoms with E-state index in [0.717, 1.165) is 5.69 Å². The minimum Gasteiger partial charge on any atom is -0.444 e. The molecule has 6 nitrogen and oxygen atoms in total. The molecule has 0 saturated heterocycles. The number of alkyl carbamates (subject to hydrolysis) is 1. The summed E-state index contributed by atoms with van der Waals surface area (Å²) in [5.41, 5.74) is 0.141. The number of hydrogen-bond acceptors (Lipinski definition) is 4. The van der Waals surface area contributed by atoms with Gasteiger partial charge < -0.3 is 19.7 Å². The number of aliphatic hydroxyl groups excluding tert-OH is 1. The van der Waals surface area contributed by atoms with Crippen molar-refractivity contribution >= 4 is 6.09 Å². The first kappa shape index (κ1) is 17.1. The van der Waals surface area contributed by atoms with Gasteiger partial charge in [-0.05, 0) is 27.7 Å². The summed E-state index contributed by atoms with van der Waals surface area (Å²) in [5.74, 6) is 5.80. The van der Waals surface area contributed by atoms with Crippen LogP contribution in [0.3, 0.4) is 0 Å². The van der Waals surface area contributed by atoms with Gasteiger partial charge in [0, 0.05) is 13.0 Å². The molecule has 1 atom stereocenters. The van der Waals surface area contributed by atoms with E-state index in [9.17, 15) is 9.90 Å². The molecule has 0 aromatic carbocycles. The Morgan fingerprint density at radius 2 is 2.29 bits per heavy atom. The number of aryl methyl sites for hydroxylation is 1. The van der Waals surface area contributed by atoms with Gasteiger partial charge >= 0.3 is 6.09 Å². The van der Waals surface area contributed by atoms with E-state index in [0.29, 0.717) is 13.0 Å². The fraction of sp³-hybridized carbons (Fsp3) is 0.600. The van der Waals surface area contributed by atoms with Crippen molar-refractivity contribution in [3.05, 3.63) is 18.2 Å². The molecule has 2 N–H and O–H groups in total. The lowest BCUT2D eigenvalue weighted by atomic mass is 10.2. The number of aliphatic hydroxyl groups is 1. The Hall–Kier alpha value is -2.00. The molecular weight excluding hydrogens is 270 g/mol. The Morgan fingerprint density at radius 1 is 1.57 bits per heavy atom. The average Bonchev–Trinajstić information content (AvgIpc) is 2.82. The summed E-state index contributed by atoms with van der Waals surface area (Å²) >= 11 is 0. The van der Waals surface area contributed by atoms with Gasteiger partial charge in [-0.25, -0.2) is 9.78 Å². The number of aromatic nitrogens is 2. The Bertz CT molecular complexity index is 520. The first-order chi connectivity index (χ1) is 9.87.